The van der Waals surface area contributed by atoms with Crippen LogP contribution in [-0.4, -0.2) is 22.4 Å². The summed E-state index contributed by atoms with van der Waals surface area (Å²) >= 11 is 0. The number of hydrogen-bond donors (Lipinski definition) is 2. The van der Waals surface area contributed by atoms with Crippen molar-refractivity contribution in [2.45, 2.75) is 37.9 Å². The molecule has 0 aromatic heterocycles. The molecule has 0 saturated heterocycles. The van der Waals surface area contributed by atoms with Gasteiger partial charge in [0.25, 0.3) is 0 Å². The van der Waals surface area contributed by atoms with Gasteiger partial charge in [-0.05, 0) is 12.8 Å². The van der Waals surface area contributed by atoms with Gasteiger partial charge in [-0.2, -0.15) is 0 Å². The molecule has 0 spiro atoms. The number of aliphatic hydroxyl groups is 2. The predicted molar refractivity (Wildman–Crippen MR) is 39.6 cm³/mol. The summed E-state index contributed by atoms with van der Waals surface area (Å²) in [5, 5.41) is 18.3. The van der Waals surface area contributed by atoms with Gasteiger partial charge in [0.1, 0.15) is 0 Å². The highest BCUT2D eigenvalue weighted by Crippen LogP contribution is 2.11. The lowest BCUT2D eigenvalue weighted by Crippen LogP contribution is -2.10. The summed E-state index contributed by atoms with van der Waals surface area (Å²) in [6, 6.07) is 0. The molecule has 1 aliphatic rings. The van der Waals surface area contributed by atoms with Crippen molar-refractivity contribution in [3.63, 3.8) is 0 Å². The average Bonchev–Trinajstić information content (AvgIpc) is 1.90. The van der Waals surface area contributed by atoms with Crippen LogP contribution in [0.5, 0.6) is 0 Å². The average molecular weight is 142 g/mol. The topological polar surface area (TPSA) is 40.5 Å². The van der Waals surface area contributed by atoms with Gasteiger partial charge in [-0.1, -0.05) is 25.0 Å². The first-order valence-corrected chi connectivity index (χ1v) is 3.83. The van der Waals surface area contributed by atoms with Gasteiger partial charge in [0.2, 0.25) is 0 Å². The Hall–Kier alpha value is -0.340. The van der Waals surface area contributed by atoms with Crippen LogP contribution in [0.1, 0.15) is 25.7 Å². The molecule has 2 atom stereocenters. The third kappa shape index (κ3) is 2.50. The summed E-state index contributed by atoms with van der Waals surface area (Å²) in [6.07, 6.45) is 6.40. The van der Waals surface area contributed by atoms with Crippen molar-refractivity contribution >= 4 is 0 Å². The van der Waals surface area contributed by atoms with Gasteiger partial charge in [-0.25, -0.2) is 0 Å². The van der Waals surface area contributed by atoms with Gasteiger partial charge in [0.05, 0.1) is 12.2 Å². The van der Waals surface area contributed by atoms with Gasteiger partial charge in [0.15, 0.2) is 0 Å². The molecule has 0 aliphatic heterocycles. The van der Waals surface area contributed by atoms with Crippen LogP contribution in [0.3, 0.4) is 0 Å². The smallest absolute Gasteiger partial charge is 0.0721 e. The third-order valence-electron chi connectivity index (χ3n) is 1.81. The number of aliphatic hydroxyl groups excluding tert-OH is 2. The van der Waals surface area contributed by atoms with Crippen LogP contribution in [0.25, 0.3) is 0 Å². The standard InChI is InChI=1S/C8H14O2/c9-7-3-1-2-4-8(10)6-5-7/h5-10H,1-4H2/b6-5-/t7-,8-/m0/s1. The highest BCUT2D eigenvalue weighted by atomic mass is 16.3. The maximum atomic E-state index is 9.13. The van der Waals surface area contributed by atoms with E-state index in [1.54, 1.807) is 12.2 Å². The van der Waals surface area contributed by atoms with E-state index in [1.165, 1.54) is 0 Å². The van der Waals surface area contributed by atoms with Crippen LogP contribution in [0.4, 0.5) is 0 Å². The Balaban J connectivity index is 2.42. The molecule has 0 saturated carbocycles. The number of rotatable bonds is 0. The van der Waals surface area contributed by atoms with E-state index < -0.39 is 0 Å². The first-order valence-electron chi connectivity index (χ1n) is 3.83. The molecule has 0 unspecified atom stereocenters. The maximum absolute atomic E-state index is 9.13. The van der Waals surface area contributed by atoms with Crippen LogP contribution in [0, 0.1) is 0 Å². The second-order valence-electron chi connectivity index (χ2n) is 2.80. The van der Waals surface area contributed by atoms with Crippen LogP contribution < -0.4 is 0 Å². The van der Waals surface area contributed by atoms with Crippen molar-refractivity contribution in [3.8, 4) is 0 Å². The Morgan fingerprint density at radius 1 is 0.900 bits per heavy atom. The minimum atomic E-state index is -0.338. The second-order valence-corrected chi connectivity index (χ2v) is 2.80. The first-order chi connectivity index (χ1) is 4.79. The fraction of sp³-hybridized carbons (Fsp3) is 0.750. The van der Waals surface area contributed by atoms with E-state index in [-0.39, 0.29) is 12.2 Å². The molecule has 0 aromatic rings. The molecule has 0 bridgehead atoms. The molecule has 0 radical (unpaired) electrons. The van der Waals surface area contributed by atoms with Crippen LogP contribution in [0.2, 0.25) is 0 Å². The van der Waals surface area contributed by atoms with Gasteiger partial charge in [-0.15, -0.1) is 0 Å². The highest BCUT2D eigenvalue weighted by molar-refractivity contribution is 4.94. The Kier molecular flexibility index (Phi) is 2.90. The van der Waals surface area contributed by atoms with E-state index >= 15 is 0 Å². The molecule has 0 heterocycles. The van der Waals surface area contributed by atoms with Crippen LogP contribution in [0.15, 0.2) is 12.2 Å². The second kappa shape index (κ2) is 3.74. The third-order valence-corrected chi connectivity index (χ3v) is 1.81. The van der Waals surface area contributed by atoms with Crippen molar-refractivity contribution in [2.24, 2.45) is 0 Å². The highest BCUT2D eigenvalue weighted by Gasteiger charge is 2.06. The fourth-order valence-corrected chi connectivity index (χ4v) is 1.16. The molecule has 10 heavy (non-hydrogen) atoms. The van der Waals surface area contributed by atoms with Crippen molar-refractivity contribution < 1.29 is 10.2 Å². The summed E-state index contributed by atoms with van der Waals surface area (Å²) in [6.45, 7) is 0. The Morgan fingerprint density at radius 2 is 1.30 bits per heavy atom. The fourth-order valence-electron chi connectivity index (χ4n) is 1.16. The van der Waals surface area contributed by atoms with E-state index in [0.29, 0.717) is 0 Å². The normalized spacial score (nSPS) is 38.2. The van der Waals surface area contributed by atoms with E-state index in [2.05, 4.69) is 0 Å². The van der Waals surface area contributed by atoms with Crippen molar-refractivity contribution in [2.75, 3.05) is 0 Å². The molecule has 0 fully saturated rings. The quantitative estimate of drug-likeness (QED) is 0.492. The molecule has 2 heteroatoms. The Morgan fingerprint density at radius 3 is 1.70 bits per heavy atom. The zero-order valence-electron chi connectivity index (χ0n) is 6.03. The summed E-state index contributed by atoms with van der Waals surface area (Å²) in [5.74, 6) is 0. The number of hydrogen-bond acceptors (Lipinski definition) is 2. The zero-order chi connectivity index (χ0) is 7.40. The molecular formula is C8H14O2. The lowest BCUT2D eigenvalue weighted by atomic mass is 10.0. The summed E-state index contributed by atoms with van der Waals surface area (Å²) in [5.41, 5.74) is 0. The Bertz CT molecular complexity index is 106. The first kappa shape index (κ1) is 7.76. The molecule has 2 nitrogen and oxygen atoms in total. The van der Waals surface area contributed by atoms with Gasteiger partial charge < -0.3 is 10.2 Å². The minimum absolute atomic E-state index is 0.338. The molecule has 0 aromatic carbocycles. The van der Waals surface area contributed by atoms with Crippen molar-refractivity contribution in [1.82, 2.24) is 0 Å². The molecule has 1 aliphatic carbocycles. The molecule has 1 rings (SSSR count). The van der Waals surface area contributed by atoms with E-state index in [4.69, 9.17) is 10.2 Å². The maximum Gasteiger partial charge on any atom is 0.0721 e. The zero-order valence-corrected chi connectivity index (χ0v) is 6.03. The van der Waals surface area contributed by atoms with Crippen LogP contribution in [-0.2, 0) is 0 Å². The van der Waals surface area contributed by atoms with E-state index in [0.717, 1.165) is 25.7 Å². The van der Waals surface area contributed by atoms with Gasteiger partial charge in [0, 0.05) is 0 Å². The lowest BCUT2D eigenvalue weighted by molar-refractivity contribution is 0.175. The monoisotopic (exact) mass is 142 g/mol. The van der Waals surface area contributed by atoms with E-state index in [1.807, 2.05) is 0 Å². The van der Waals surface area contributed by atoms with Crippen LogP contribution >= 0.6 is 0 Å². The van der Waals surface area contributed by atoms with Crippen molar-refractivity contribution in [1.29, 1.82) is 0 Å². The van der Waals surface area contributed by atoms with Gasteiger partial charge in [-0.3, -0.25) is 0 Å². The lowest BCUT2D eigenvalue weighted by Gasteiger charge is -2.11. The molecule has 2 N–H and O–H groups in total. The van der Waals surface area contributed by atoms with Crippen molar-refractivity contribution in [3.05, 3.63) is 12.2 Å². The summed E-state index contributed by atoms with van der Waals surface area (Å²) in [4.78, 5) is 0. The summed E-state index contributed by atoms with van der Waals surface area (Å²) < 4.78 is 0. The van der Waals surface area contributed by atoms with Gasteiger partial charge >= 0.3 is 0 Å². The predicted octanol–water partition coefficient (Wildman–Crippen LogP) is 0.838. The Labute approximate surface area is 61.2 Å². The summed E-state index contributed by atoms with van der Waals surface area (Å²) in [7, 11) is 0. The SMILES string of the molecule is O[C@@H]1/C=C\[C@@H](O)CCCC1. The minimum Gasteiger partial charge on any atom is -0.389 e. The largest absolute Gasteiger partial charge is 0.389 e. The molecule has 58 valence electrons. The molecular weight excluding hydrogens is 128 g/mol. The van der Waals surface area contributed by atoms with E-state index in [9.17, 15) is 0 Å². The molecule has 0 amide bonds.